The fourth-order valence-corrected chi connectivity index (χ4v) is 0.911. The van der Waals surface area contributed by atoms with Gasteiger partial charge in [0.2, 0.25) is 11.1 Å². The van der Waals surface area contributed by atoms with Gasteiger partial charge >= 0.3 is 0 Å². The van der Waals surface area contributed by atoms with Crippen LogP contribution in [0, 0.1) is 5.51 Å². The van der Waals surface area contributed by atoms with E-state index in [0.29, 0.717) is 11.1 Å². The van der Waals surface area contributed by atoms with Crippen molar-refractivity contribution >= 4 is 22.4 Å². The van der Waals surface area contributed by atoms with Crippen molar-refractivity contribution in [3.05, 3.63) is 5.51 Å². The lowest BCUT2D eigenvalue weighted by Crippen LogP contribution is -1.91. The largest absolute Gasteiger partial charge is 0.298 e. The molecule has 0 amide bonds. The summed E-state index contributed by atoms with van der Waals surface area (Å²) in [6.07, 6.45) is 0. The van der Waals surface area contributed by atoms with Crippen molar-refractivity contribution in [1.82, 2.24) is 30.8 Å². The van der Waals surface area contributed by atoms with Crippen molar-refractivity contribution in [3.63, 3.8) is 0 Å². The summed E-state index contributed by atoms with van der Waals surface area (Å²) in [7, 11) is 0. The van der Waals surface area contributed by atoms with Gasteiger partial charge in [0.1, 0.15) is 0 Å². The van der Waals surface area contributed by atoms with Crippen LogP contribution in [0.4, 0.5) is 11.1 Å². The summed E-state index contributed by atoms with van der Waals surface area (Å²) in [4.78, 5) is 0. The molecule has 1 radical (unpaired) electrons. The Morgan fingerprint density at radius 3 is 3.09 bits per heavy atom. The lowest BCUT2D eigenvalue weighted by Gasteiger charge is -1.90. The maximum atomic E-state index is 3.68. The number of nitrogens with zero attached hydrogens (tertiary/aromatic N) is 5. The zero-order valence-corrected chi connectivity index (χ0v) is 5.96. The molecule has 0 atom stereocenters. The third kappa shape index (κ3) is 1.29. The molecular weight excluding hydrogens is 166 g/mol. The van der Waals surface area contributed by atoms with Gasteiger partial charge in [-0.25, -0.2) is 5.10 Å². The van der Waals surface area contributed by atoms with Gasteiger partial charge in [-0.2, -0.15) is 0 Å². The topological polar surface area (TPSA) is 92.3 Å². The summed E-state index contributed by atoms with van der Waals surface area (Å²) in [6, 6.07) is 0. The van der Waals surface area contributed by atoms with Crippen LogP contribution in [-0.2, 0) is 0 Å². The predicted octanol–water partition coefficient (Wildman–Crippen LogP) is -0.405. The summed E-state index contributed by atoms with van der Waals surface area (Å²) in [5, 5.41) is 23.4. The van der Waals surface area contributed by atoms with Gasteiger partial charge in [0.05, 0.1) is 0 Å². The maximum absolute atomic E-state index is 3.68. The summed E-state index contributed by atoms with van der Waals surface area (Å²) >= 11 is 1.25. The molecule has 11 heavy (non-hydrogen) atoms. The van der Waals surface area contributed by atoms with E-state index in [9.17, 15) is 0 Å². The lowest BCUT2D eigenvalue weighted by atomic mass is 11.0. The minimum absolute atomic E-state index is 0.440. The molecule has 2 N–H and O–H groups in total. The molecule has 7 nitrogen and oxygen atoms in total. The Hall–Kier alpha value is -1.57. The van der Waals surface area contributed by atoms with Crippen LogP contribution >= 0.6 is 11.3 Å². The van der Waals surface area contributed by atoms with Gasteiger partial charge in [-0.15, -0.1) is 10.2 Å². The Labute approximate surface area is 64.9 Å². The molecule has 0 aromatic carbocycles. The second kappa shape index (κ2) is 2.58. The highest BCUT2D eigenvalue weighted by atomic mass is 32.1. The van der Waals surface area contributed by atoms with E-state index in [1.807, 2.05) is 0 Å². The van der Waals surface area contributed by atoms with E-state index in [4.69, 9.17) is 0 Å². The van der Waals surface area contributed by atoms with E-state index >= 15 is 0 Å². The smallest absolute Gasteiger partial charge is 0.246 e. The molecule has 0 unspecified atom stereocenters. The second-order valence-corrected chi connectivity index (χ2v) is 2.35. The molecule has 0 aliphatic rings. The molecule has 0 aliphatic heterocycles. The number of hydrogen-bond acceptors (Lipinski definition) is 7. The Kier molecular flexibility index (Phi) is 1.44. The highest BCUT2D eigenvalue weighted by Gasteiger charge is 1.99. The van der Waals surface area contributed by atoms with Crippen molar-refractivity contribution in [1.29, 1.82) is 0 Å². The van der Waals surface area contributed by atoms with Crippen molar-refractivity contribution in [3.8, 4) is 0 Å². The third-order valence-corrected chi connectivity index (χ3v) is 1.44. The minimum Gasteiger partial charge on any atom is -0.298 e. The standard InChI is InChI=1S/C3H2N7S/c1-4-8-3(11-1)5-2-6-9-10-7-2/h(H2,5,6,7,8,9,10). The quantitative estimate of drug-likeness (QED) is 0.633. The number of nitrogens with one attached hydrogen (secondary N) is 2. The zero-order chi connectivity index (χ0) is 7.52. The van der Waals surface area contributed by atoms with Gasteiger partial charge in [0.25, 0.3) is 0 Å². The molecule has 2 heterocycles. The van der Waals surface area contributed by atoms with Crippen LogP contribution < -0.4 is 5.32 Å². The average molecular weight is 168 g/mol. The fourth-order valence-electron chi connectivity index (χ4n) is 0.514. The molecule has 2 aromatic rings. The third-order valence-electron chi connectivity index (χ3n) is 0.895. The summed E-state index contributed by atoms with van der Waals surface area (Å²) in [6.45, 7) is 0. The summed E-state index contributed by atoms with van der Waals surface area (Å²) in [5.41, 5.74) is 2.58. The van der Waals surface area contributed by atoms with Crippen molar-refractivity contribution in [2.24, 2.45) is 0 Å². The number of hydrogen-bond donors (Lipinski definition) is 2. The number of rotatable bonds is 2. The minimum atomic E-state index is 0.440. The maximum Gasteiger partial charge on any atom is 0.246 e. The Morgan fingerprint density at radius 2 is 2.45 bits per heavy atom. The molecule has 0 saturated carbocycles. The van der Waals surface area contributed by atoms with Crippen LogP contribution in [0.1, 0.15) is 0 Å². The first-order valence-corrected chi connectivity index (χ1v) is 3.47. The second-order valence-electron chi connectivity index (χ2n) is 1.57. The Morgan fingerprint density at radius 1 is 1.45 bits per heavy atom. The number of tetrazole rings is 1. The molecular formula is C3H2N7S. The number of aromatic nitrogens is 6. The van der Waals surface area contributed by atoms with E-state index < -0.39 is 0 Å². The molecule has 0 fully saturated rings. The molecule has 2 rings (SSSR count). The molecule has 55 valence electrons. The van der Waals surface area contributed by atoms with E-state index in [2.05, 4.69) is 41.6 Å². The number of anilines is 2. The lowest BCUT2D eigenvalue weighted by molar-refractivity contribution is 0.881. The van der Waals surface area contributed by atoms with Crippen molar-refractivity contribution in [2.75, 3.05) is 5.32 Å². The average Bonchev–Trinajstić information content (AvgIpc) is 2.60. The molecule has 0 saturated heterocycles. The Bertz CT molecular complexity index is 266. The fraction of sp³-hybridized carbons (Fsp3) is 0. The van der Waals surface area contributed by atoms with Gasteiger partial charge in [0, 0.05) is 0 Å². The zero-order valence-electron chi connectivity index (χ0n) is 5.14. The normalized spacial score (nSPS) is 9.82. The van der Waals surface area contributed by atoms with Crippen LogP contribution in [0.5, 0.6) is 0 Å². The van der Waals surface area contributed by atoms with Crippen LogP contribution in [-0.4, -0.2) is 30.8 Å². The molecule has 0 spiro atoms. The SMILES string of the molecule is [c]1nnc(Nc2nnn[nH]2)s1. The molecule has 0 aliphatic carbocycles. The first-order chi connectivity index (χ1) is 5.45. The number of H-pyrrole nitrogens is 1. The van der Waals surface area contributed by atoms with Gasteiger partial charge in [-0.05, 0) is 10.4 Å². The predicted molar refractivity (Wildman–Crippen MR) is 36.2 cm³/mol. The highest BCUT2D eigenvalue weighted by Crippen LogP contribution is 2.10. The van der Waals surface area contributed by atoms with Crippen LogP contribution in [0.15, 0.2) is 0 Å². The first-order valence-electron chi connectivity index (χ1n) is 2.65. The van der Waals surface area contributed by atoms with Gasteiger partial charge in [-0.1, -0.05) is 16.4 Å². The van der Waals surface area contributed by atoms with Crippen LogP contribution in [0.3, 0.4) is 0 Å². The van der Waals surface area contributed by atoms with Gasteiger partial charge in [-0.3, -0.25) is 5.32 Å². The first kappa shape index (κ1) is 6.16. The van der Waals surface area contributed by atoms with Crippen molar-refractivity contribution < 1.29 is 0 Å². The highest BCUT2D eigenvalue weighted by molar-refractivity contribution is 7.12. The van der Waals surface area contributed by atoms with Crippen LogP contribution in [0.2, 0.25) is 0 Å². The van der Waals surface area contributed by atoms with Gasteiger partial charge in [0.15, 0.2) is 5.51 Å². The van der Waals surface area contributed by atoms with E-state index in [1.165, 1.54) is 11.3 Å². The summed E-state index contributed by atoms with van der Waals surface area (Å²) < 4.78 is 0. The van der Waals surface area contributed by atoms with E-state index in [0.717, 1.165) is 0 Å². The molecule has 8 heteroatoms. The molecule has 0 bridgehead atoms. The number of aromatic amines is 1. The summed E-state index contributed by atoms with van der Waals surface area (Å²) in [5.74, 6) is 0.440. The van der Waals surface area contributed by atoms with E-state index in [-0.39, 0.29) is 0 Å². The van der Waals surface area contributed by atoms with Crippen LogP contribution in [0.25, 0.3) is 0 Å². The molecule has 2 aromatic heterocycles. The van der Waals surface area contributed by atoms with E-state index in [1.54, 1.807) is 0 Å². The monoisotopic (exact) mass is 168 g/mol. The Balaban J connectivity index is 2.14. The van der Waals surface area contributed by atoms with Gasteiger partial charge < -0.3 is 0 Å². The van der Waals surface area contributed by atoms with Crippen molar-refractivity contribution in [2.45, 2.75) is 0 Å².